The van der Waals surface area contributed by atoms with E-state index < -0.39 is 0 Å². The Morgan fingerprint density at radius 1 is 1.22 bits per heavy atom. The van der Waals surface area contributed by atoms with Crippen LogP contribution in [0.15, 0.2) is 0 Å². The molecule has 1 aliphatic heterocycles. The molecule has 1 aromatic heterocycles. The Bertz CT molecular complexity index is 390. The van der Waals surface area contributed by atoms with E-state index in [0.717, 1.165) is 43.3 Å². The van der Waals surface area contributed by atoms with E-state index >= 15 is 0 Å². The first-order valence-electron chi connectivity index (χ1n) is 6.45. The number of nitrogens with zero attached hydrogens (tertiary/aromatic N) is 4. The number of nitrogens with two attached hydrogens (primary N) is 1. The van der Waals surface area contributed by atoms with E-state index in [1.165, 1.54) is 0 Å². The van der Waals surface area contributed by atoms with Crippen molar-refractivity contribution in [3.05, 3.63) is 11.4 Å². The van der Waals surface area contributed by atoms with Gasteiger partial charge in [-0.3, -0.25) is 0 Å². The molecule has 2 rings (SSSR count). The Kier molecular flexibility index (Phi) is 4.43. The van der Waals surface area contributed by atoms with E-state index in [1.54, 1.807) is 0 Å². The van der Waals surface area contributed by atoms with Gasteiger partial charge in [-0.05, 0) is 26.7 Å². The highest BCUT2D eigenvalue weighted by atomic mass is 16.5. The highest BCUT2D eigenvalue weighted by Gasteiger charge is 2.21. The molecule has 100 valence electrons. The average Bonchev–Trinajstić information content (AvgIpc) is 2.40. The SMILES string of the molecule is Cc1nnc(N2CCC(OCCN)CC2)nc1C. The number of ether oxygens (including phenoxy) is 1. The van der Waals surface area contributed by atoms with Crippen LogP contribution in [0.5, 0.6) is 0 Å². The van der Waals surface area contributed by atoms with Crippen LogP contribution in [0.4, 0.5) is 5.95 Å². The second-order valence-corrected chi connectivity index (χ2v) is 4.63. The third-order valence-corrected chi connectivity index (χ3v) is 3.28. The van der Waals surface area contributed by atoms with Gasteiger partial charge >= 0.3 is 0 Å². The molecule has 6 heteroatoms. The molecule has 0 unspecified atom stereocenters. The molecule has 2 N–H and O–H groups in total. The van der Waals surface area contributed by atoms with Crippen molar-refractivity contribution < 1.29 is 4.74 Å². The first-order chi connectivity index (χ1) is 8.70. The summed E-state index contributed by atoms with van der Waals surface area (Å²) in [6, 6.07) is 0. The summed E-state index contributed by atoms with van der Waals surface area (Å²) in [5.74, 6) is 0.732. The van der Waals surface area contributed by atoms with E-state index in [9.17, 15) is 0 Å². The van der Waals surface area contributed by atoms with Gasteiger partial charge in [0.05, 0.1) is 24.1 Å². The number of aryl methyl sites for hydroxylation is 2. The molecule has 0 aromatic carbocycles. The molecule has 0 spiro atoms. The van der Waals surface area contributed by atoms with E-state index in [0.29, 0.717) is 19.3 Å². The Balaban J connectivity index is 1.90. The number of hydrogen-bond acceptors (Lipinski definition) is 6. The predicted octanol–water partition coefficient (Wildman–Crippen LogP) is 0.433. The quantitative estimate of drug-likeness (QED) is 0.836. The predicted molar refractivity (Wildman–Crippen MR) is 69.5 cm³/mol. The fraction of sp³-hybridized carbons (Fsp3) is 0.750. The van der Waals surface area contributed by atoms with Gasteiger partial charge in [0, 0.05) is 19.6 Å². The van der Waals surface area contributed by atoms with Crippen molar-refractivity contribution in [2.24, 2.45) is 5.73 Å². The molecule has 0 aliphatic carbocycles. The van der Waals surface area contributed by atoms with E-state index in [-0.39, 0.29) is 0 Å². The lowest BCUT2D eigenvalue weighted by Crippen LogP contribution is -2.38. The molecule has 18 heavy (non-hydrogen) atoms. The van der Waals surface area contributed by atoms with Crippen molar-refractivity contribution in [2.75, 3.05) is 31.1 Å². The van der Waals surface area contributed by atoms with Gasteiger partial charge < -0.3 is 15.4 Å². The van der Waals surface area contributed by atoms with Gasteiger partial charge in [0.1, 0.15) is 0 Å². The van der Waals surface area contributed by atoms with Crippen molar-refractivity contribution in [3.8, 4) is 0 Å². The maximum Gasteiger partial charge on any atom is 0.245 e. The number of anilines is 1. The first-order valence-corrected chi connectivity index (χ1v) is 6.45. The third-order valence-electron chi connectivity index (χ3n) is 3.28. The summed E-state index contributed by atoms with van der Waals surface area (Å²) in [4.78, 5) is 6.64. The van der Waals surface area contributed by atoms with Crippen molar-refractivity contribution in [2.45, 2.75) is 32.8 Å². The van der Waals surface area contributed by atoms with Gasteiger partial charge in [0.15, 0.2) is 0 Å². The smallest absolute Gasteiger partial charge is 0.245 e. The van der Waals surface area contributed by atoms with Crippen LogP contribution in [0.2, 0.25) is 0 Å². The fourth-order valence-electron chi connectivity index (χ4n) is 2.04. The molecular weight excluding hydrogens is 230 g/mol. The maximum atomic E-state index is 5.65. The van der Waals surface area contributed by atoms with Crippen molar-refractivity contribution >= 4 is 5.95 Å². The van der Waals surface area contributed by atoms with Crippen LogP contribution >= 0.6 is 0 Å². The summed E-state index contributed by atoms with van der Waals surface area (Å²) < 4.78 is 5.65. The summed E-state index contributed by atoms with van der Waals surface area (Å²) in [6.07, 6.45) is 2.32. The molecule has 1 saturated heterocycles. The second-order valence-electron chi connectivity index (χ2n) is 4.63. The topological polar surface area (TPSA) is 77.2 Å². The van der Waals surface area contributed by atoms with Gasteiger partial charge in [0.2, 0.25) is 5.95 Å². The molecular formula is C12H21N5O. The fourth-order valence-corrected chi connectivity index (χ4v) is 2.04. The lowest BCUT2D eigenvalue weighted by atomic mass is 10.1. The summed E-state index contributed by atoms with van der Waals surface area (Å²) in [7, 11) is 0. The van der Waals surface area contributed by atoms with Crippen molar-refractivity contribution in [3.63, 3.8) is 0 Å². The minimum absolute atomic E-state index is 0.323. The molecule has 1 fully saturated rings. The second kappa shape index (κ2) is 6.06. The van der Waals surface area contributed by atoms with Gasteiger partial charge in [0.25, 0.3) is 0 Å². The Morgan fingerprint density at radius 3 is 2.56 bits per heavy atom. The summed E-state index contributed by atoms with van der Waals surface area (Å²) in [6.45, 7) is 6.95. The monoisotopic (exact) mass is 251 g/mol. The lowest BCUT2D eigenvalue weighted by molar-refractivity contribution is 0.0420. The summed E-state index contributed by atoms with van der Waals surface area (Å²) >= 11 is 0. The normalized spacial score (nSPS) is 17.2. The van der Waals surface area contributed by atoms with Crippen LogP contribution in [0.25, 0.3) is 0 Å². The Morgan fingerprint density at radius 2 is 1.94 bits per heavy atom. The summed E-state index contributed by atoms with van der Waals surface area (Å²) in [5, 5.41) is 8.27. The van der Waals surface area contributed by atoms with Crippen LogP contribution in [0.3, 0.4) is 0 Å². The Hall–Kier alpha value is -1.27. The van der Waals surface area contributed by atoms with Crippen LogP contribution < -0.4 is 10.6 Å². The molecule has 6 nitrogen and oxygen atoms in total. The molecule has 0 saturated carbocycles. The van der Waals surface area contributed by atoms with E-state index in [2.05, 4.69) is 20.1 Å². The Labute approximate surface area is 108 Å². The van der Waals surface area contributed by atoms with E-state index in [4.69, 9.17) is 10.5 Å². The average molecular weight is 251 g/mol. The van der Waals surface area contributed by atoms with E-state index in [1.807, 2.05) is 13.8 Å². The molecule has 0 bridgehead atoms. The molecule has 1 aromatic rings. The highest BCUT2D eigenvalue weighted by Crippen LogP contribution is 2.18. The minimum Gasteiger partial charge on any atom is -0.377 e. The van der Waals surface area contributed by atoms with Crippen molar-refractivity contribution in [1.29, 1.82) is 0 Å². The summed E-state index contributed by atoms with van der Waals surface area (Å²) in [5.41, 5.74) is 7.27. The van der Waals surface area contributed by atoms with Crippen LogP contribution in [-0.2, 0) is 4.74 Å². The number of rotatable bonds is 4. The third kappa shape index (κ3) is 3.14. The zero-order valence-corrected chi connectivity index (χ0v) is 11.1. The van der Waals surface area contributed by atoms with Crippen LogP contribution in [-0.4, -0.2) is 47.5 Å². The van der Waals surface area contributed by atoms with Crippen molar-refractivity contribution in [1.82, 2.24) is 15.2 Å². The van der Waals surface area contributed by atoms with Gasteiger partial charge in [-0.15, -0.1) is 5.10 Å². The maximum absolute atomic E-state index is 5.65. The first kappa shape index (κ1) is 13.2. The molecule has 1 aliphatic rings. The molecule has 0 radical (unpaired) electrons. The number of piperidine rings is 1. The zero-order chi connectivity index (χ0) is 13.0. The molecule has 0 amide bonds. The zero-order valence-electron chi connectivity index (χ0n) is 11.1. The van der Waals surface area contributed by atoms with Gasteiger partial charge in [-0.25, -0.2) is 4.98 Å². The largest absolute Gasteiger partial charge is 0.377 e. The standard InChI is InChI=1S/C12H21N5O/c1-9-10(2)15-16-12(14-9)17-6-3-11(4-7-17)18-8-5-13/h11H,3-8,13H2,1-2H3. The molecule has 0 atom stereocenters. The lowest BCUT2D eigenvalue weighted by Gasteiger charge is -2.31. The molecule has 2 heterocycles. The van der Waals surface area contributed by atoms with Gasteiger partial charge in [-0.2, -0.15) is 5.10 Å². The highest BCUT2D eigenvalue weighted by molar-refractivity contribution is 5.30. The number of hydrogen-bond donors (Lipinski definition) is 1. The number of aromatic nitrogens is 3. The minimum atomic E-state index is 0.323. The van der Waals surface area contributed by atoms with Crippen LogP contribution in [0, 0.1) is 13.8 Å². The van der Waals surface area contributed by atoms with Gasteiger partial charge in [-0.1, -0.05) is 0 Å². The van der Waals surface area contributed by atoms with Crippen LogP contribution in [0.1, 0.15) is 24.2 Å².